The van der Waals surface area contributed by atoms with Gasteiger partial charge in [0.2, 0.25) is 0 Å². The molecule has 4 rings (SSSR count). The first kappa shape index (κ1) is 17.6. The van der Waals surface area contributed by atoms with Crippen molar-refractivity contribution in [3.8, 4) is 10.4 Å². The Morgan fingerprint density at radius 1 is 1.15 bits per heavy atom. The fraction of sp³-hybridized carbons (Fsp3) is 0.368. The molecule has 0 radical (unpaired) electrons. The van der Waals surface area contributed by atoms with Crippen LogP contribution in [-0.4, -0.2) is 47.3 Å². The van der Waals surface area contributed by atoms with Crippen LogP contribution in [-0.2, 0) is 11.3 Å². The zero-order valence-corrected chi connectivity index (χ0v) is 16.1. The largest absolute Gasteiger partial charge is 0.379 e. The molecule has 5 nitrogen and oxygen atoms in total. The lowest BCUT2D eigenvalue weighted by Crippen LogP contribution is -2.37. The number of nitrogens with zero attached hydrogens (tertiary/aromatic N) is 2. The summed E-state index contributed by atoms with van der Waals surface area (Å²) in [5.41, 5.74) is 1.12. The van der Waals surface area contributed by atoms with Crippen molar-refractivity contribution in [1.29, 1.82) is 0 Å². The van der Waals surface area contributed by atoms with Crippen LogP contribution in [0.15, 0.2) is 41.2 Å². The molecule has 3 aromatic rings. The predicted molar refractivity (Wildman–Crippen MR) is 109 cm³/mol. The third kappa shape index (κ3) is 3.66. The molecule has 1 aliphatic heterocycles. The Hall–Kier alpha value is -1.80. The summed E-state index contributed by atoms with van der Waals surface area (Å²) in [5, 5.41) is 0.717. The first-order valence-corrected chi connectivity index (χ1v) is 10.1. The summed E-state index contributed by atoms with van der Waals surface area (Å²) in [6, 6.07) is 12.1. The van der Waals surface area contributed by atoms with Crippen LogP contribution in [0.2, 0.25) is 0 Å². The number of ether oxygens (including phenoxy) is 1. The first-order chi connectivity index (χ1) is 12.7. The van der Waals surface area contributed by atoms with Gasteiger partial charge in [0.1, 0.15) is 4.83 Å². The number of rotatable bonds is 5. The van der Waals surface area contributed by atoms with Gasteiger partial charge in [-0.1, -0.05) is 30.3 Å². The quantitative estimate of drug-likeness (QED) is 0.681. The van der Waals surface area contributed by atoms with E-state index < -0.39 is 0 Å². The summed E-state index contributed by atoms with van der Waals surface area (Å²) in [6.45, 7) is 5.11. The molecule has 0 aliphatic carbocycles. The van der Waals surface area contributed by atoms with Crippen LogP contribution in [0.3, 0.4) is 0 Å². The zero-order valence-electron chi connectivity index (χ0n) is 14.4. The second-order valence-corrected chi connectivity index (χ2v) is 7.85. The van der Waals surface area contributed by atoms with Gasteiger partial charge in [0.25, 0.3) is 5.56 Å². The molecule has 1 N–H and O–H groups in total. The predicted octanol–water partition coefficient (Wildman–Crippen LogP) is 3.51. The lowest BCUT2D eigenvalue weighted by atomic mass is 10.2. The topological polar surface area (TPSA) is 50.3 Å². The molecule has 0 bridgehead atoms. The summed E-state index contributed by atoms with van der Waals surface area (Å²) in [6.07, 6.45) is 0.901. The zero-order chi connectivity index (χ0) is 17.9. The number of morpholine rings is 1. The van der Waals surface area contributed by atoms with Crippen LogP contribution >= 0.6 is 23.6 Å². The van der Waals surface area contributed by atoms with Crippen molar-refractivity contribution in [1.82, 2.24) is 14.5 Å². The van der Waals surface area contributed by atoms with E-state index in [-0.39, 0.29) is 5.56 Å². The Morgan fingerprint density at radius 2 is 1.92 bits per heavy atom. The van der Waals surface area contributed by atoms with Crippen molar-refractivity contribution in [2.24, 2.45) is 0 Å². The molecule has 0 unspecified atom stereocenters. The van der Waals surface area contributed by atoms with Crippen LogP contribution in [0.5, 0.6) is 0 Å². The van der Waals surface area contributed by atoms with Gasteiger partial charge < -0.3 is 9.72 Å². The van der Waals surface area contributed by atoms with Crippen LogP contribution in [0.25, 0.3) is 20.7 Å². The Kier molecular flexibility index (Phi) is 5.31. The van der Waals surface area contributed by atoms with E-state index in [0.29, 0.717) is 16.7 Å². The lowest BCUT2D eigenvalue weighted by Gasteiger charge is -2.26. The maximum absolute atomic E-state index is 12.9. The van der Waals surface area contributed by atoms with Gasteiger partial charge in [-0.3, -0.25) is 14.3 Å². The van der Waals surface area contributed by atoms with Crippen molar-refractivity contribution in [2.45, 2.75) is 13.0 Å². The fourth-order valence-electron chi connectivity index (χ4n) is 3.27. The number of hydrogen-bond donors (Lipinski definition) is 1. The van der Waals surface area contributed by atoms with Gasteiger partial charge in [0.15, 0.2) is 4.77 Å². The molecule has 7 heteroatoms. The molecular weight excluding hydrogens is 366 g/mol. The van der Waals surface area contributed by atoms with Crippen molar-refractivity contribution in [3.63, 3.8) is 0 Å². The maximum atomic E-state index is 12.9. The van der Waals surface area contributed by atoms with Gasteiger partial charge >= 0.3 is 0 Å². The number of thiophene rings is 1. The second-order valence-electron chi connectivity index (χ2n) is 6.41. The summed E-state index contributed by atoms with van der Waals surface area (Å²) in [7, 11) is 0. The van der Waals surface area contributed by atoms with E-state index in [0.717, 1.165) is 54.5 Å². The summed E-state index contributed by atoms with van der Waals surface area (Å²) < 4.78 is 7.57. The molecule has 0 saturated carbocycles. The van der Waals surface area contributed by atoms with Crippen molar-refractivity contribution >= 4 is 33.8 Å². The van der Waals surface area contributed by atoms with Crippen LogP contribution in [0.1, 0.15) is 6.42 Å². The highest BCUT2D eigenvalue weighted by molar-refractivity contribution is 7.71. The van der Waals surface area contributed by atoms with E-state index in [1.54, 1.807) is 15.9 Å². The van der Waals surface area contributed by atoms with Gasteiger partial charge in [0.05, 0.1) is 18.6 Å². The highest BCUT2D eigenvalue weighted by atomic mass is 32.1. The number of hydrogen-bond acceptors (Lipinski definition) is 5. The second kappa shape index (κ2) is 7.84. The number of benzene rings is 1. The van der Waals surface area contributed by atoms with Gasteiger partial charge in [-0.15, -0.1) is 11.3 Å². The highest BCUT2D eigenvalue weighted by Crippen LogP contribution is 2.30. The molecule has 0 spiro atoms. The number of nitrogens with one attached hydrogen (secondary N) is 1. The van der Waals surface area contributed by atoms with E-state index in [2.05, 4.69) is 22.0 Å². The SMILES string of the molecule is O=c1c2cc(-c3ccccc3)sc2[nH]c(=S)n1CCCN1CCOCC1. The molecule has 2 aromatic heterocycles. The van der Waals surface area contributed by atoms with Gasteiger partial charge in [-0.25, -0.2) is 0 Å². The fourth-order valence-corrected chi connectivity index (χ4v) is 4.67. The molecule has 1 aromatic carbocycles. The van der Waals surface area contributed by atoms with E-state index in [4.69, 9.17) is 17.0 Å². The van der Waals surface area contributed by atoms with Crippen LogP contribution < -0.4 is 5.56 Å². The minimum absolute atomic E-state index is 0.00385. The molecule has 0 atom stereocenters. The van der Waals surface area contributed by atoms with Crippen molar-refractivity contribution < 1.29 is 4.74 Å². The highest BCUT2D eigenvalue weighted by Gasteiger charge is 2.13. The van der Waals surface area contributed by atoms with E-state index in [9.17, 15) is 4.79 Å². The molecule has 3 heterocycles. The summed E-state index contributed by atoms with van der Waals surface area (Å²) in [4.78, 5) is 20.5. The normalized spacial score (nSPS) is 15.5. The third-order valence-electron chi connectivity index (χ3n) is 4.69. The number of aromatic nitrogens is 2. The Morgan fingerprint density at radius 3 is 2.69 bits per heavy atom. The Labute approximate surface area is 160 Å². The van der Waals surface area contributed by atoms with E-state index in [1.807, 2.05) is 24.3 Å². The number of aromatic amines is 1. The summed E-state index contributed by atoms with van der Waals surface area (Å²) in [5.74, 6) is 0. The molecule has 136 valence electrons. The maximum Gasteiger partial charge on any atom is 0.263 e. The molecule has 0 amide bonds. The Bertz CT molecular complexity index is 1000. The first-order valence-electron chi connectivity index (χ1n) is 8.84. The minimum Gasteiger partial charge on any atom is -0.379 e. The minimum atomic E-state index is 0.00385. The molecule has 1 fully saturated rings. The summed E-state index contributed by atoms with van der Waals surface area (Å²) >= 11 is 7.02. The molecule has 1 aliphatic rings. The van der Waals surface area contributed by atoms with Crippen molar-refractivity contribution in [2.75, 3.05) is 32.8 Å². The smallest absolute Gasteiger partial charge is 0.263 e. The van der Waals surface area contributed by atoms with Gasteiger partial charge in [0, 0.05) is 31.1 Å². The number of fused-ring (bicyclic) bond motifs is 1. The van der Waals surface area contributed by atoms with Gasteiger partial charge in [-0.05, 0) is 30.3 Å². The molecular formula is C19H21N3O2S2. The van der Waals surface area contributed by atoms with Crippen LogP contribution in [0.4, 0.5) is 0 Å². The Balaban J connectivity index is 1.57. The van der Waals surface area contributed by atoms with E-state index in [1.165, 1.54) is 0 Å². The molecule has 1 saturated heterocycles. The van der Waals surface area contributed by atoms with E-state index >= 15 is 0 Å². The average Bonchev–Trinajstić information content (AvgIpc) is 3.10. The standard InChI is InChI=1S/C19H21N3O2S2/c23-18-15-13-16(14-5-2-1-3-6-14)26-17(15)20-19(25)22(18)8-4-7-21-9-11-24-12-10-21/h1-3,5-6,13H,4,7-12H2,(H,20,25). The van der Waals surface area contributed by atoms with Crippen LogP contribution in [0, 0.1) is 4.77 Å². The lowest BCUT2D eigenvalue weighted by molar-refractivity contribution is 0.0369. The third-order valence-corrected chi connectivity index (χ3v) is 6.11. The number of H-pyrrole nitrogens is 1. The van der Waals surface area contributed by atoms with Crippen molar-refractivity contribution in [3.05, 3.63) is 51.5 Å². The van der Waals surface area contributed by atoms with Gasteiger partial charge in [-0.2, -0.15) is 0 Å². The monoisotopic (exact) mass is 387 g/mol. The average molecular weight is 388 g/mol. The molecule has 26 heavy (non-hydrogen) atoms.